The molecule has 7 nitrogen and oxygen atoms in total. The van der Waals surface area contributed by atoms with E-state index in [0.717, 1.165) is 24.2 Å². The van der Waals surface area contributed by atoms with E-state index in [-0.39, 0.29) is 17.7 Å². The van der Waals surface area contributed by atoms with Crippen molar-refractivity contribution in [3.05, 3.63) is 60.2 Å². The number of alkyl halides is 1. The number of nitrogens with two attached hydrogens (primary N) is 1. The van der Waals surface area contributed by atoms with E-state index in [0.29, 0.717) is 36.1 Å². The van der Waals surface area contributed by atoms with E-state index in [2.05, 4.69) is 27.9 Å². The van der Waals surface area contributed by atoms with Gasteiger partial charge >= 0.3 is 0 Å². The van der Waals surface area contributed by atoms with Crippen LogP contribution in [0.25, 0.3) is 0 Å². The van der Waals surface area contributed by atoms with Gasteiger partial charge in [-0.2, -0.15) is 0 Å². The summed E-state index contributed by atoms with van der Waals surface area (Å²) < 4.78 is 6.41. The molecule has 1 aliphatic heterocycles. The van der Waals surface area contributed by atoms with E-state index in [1.807, 2.05) is 68.4 Å². The first-order valence-corrected chi connectivity index (χ1v) is 14.1. The van der Waals surface area contributed by atoms with Gasteiger partial charge in [-0.15, -0.1) is 0 Å². The van der Waals surface area contributed by atoms with Gasteiger partial charge in [-0.25, -0.2) is 0 Å². The minimum absolute atomic E-state index is 0.0939. The molecule has 3 rings (SSSR count). The first-order valence-electron chi connectivity index (χ1n) is 12.5. The first kappa shape index (κ1) is 28.0. The highest BCUT2D eigenvalue weighted by atomic mass is 127. The number of amides is 3. The van der Waals surface area contributed by atoms with Gasteiger partial charge in [0.25, 0.3) is 0 Å². The molecular formula is C28H36IN3O4. The molecule has 0 spiro atoms. The van der Waals surface area contributed by atoms with Crippen molar-refractivity contribution in [3.8, 4) is 11.5 Å². The summed E-state index contributed by atoms with van der Waals surface area (Å²) in [7, 11) is 0. The molecule has 1 saturated heterocycles. The Kier molecular flexibility index (Phi) is 10.6. The van der Waals surface area contributed by atoms with Crippen molar-refractivity contribution >= 4 is 40.3 Å². The van der Waals surface area contributed by atoms with Crippen LogP contribution < -0.4 is 15.8 Å². The Morgan fingerprint density at radius 1 is 1.08 bits per heavy atom. The molecule has 0 aromatic heterocycles. The molecule has 0 aliphatic carbocycles. The summed E-state index contributed by atoms with van der Waals surface area (Å²) in [6.07, 6.45) is 2.83. The zero-order valence-electron chi connectivity index (χ0n) is 21.0. The van der Waals surface area contributed by atoms with Crippen LogP contribution in [-0.4, -0.2) is 39.6 Å². The van der Waals surface area contributed by atoms with E-state index in [1.165, 1.54) is 0 Å². The Labute approximate surface area is 227 Å². The number of primary amides is 1. The van der Waals surface area contributed by atoms with Gasteiger partial charge in [-0.1, -0.05) is 66.8 Å². The molecule has 8 heteroatoms. The lowest BCUT2D eigenvalue weighted by Crippen LogP contribution is -2.51. The van der Waals surface area contributed by atoms with Crippen LogP contribution in [0.4, 0.5) is 0 Å². The third-order valence-electron chi connectivity index (χ3n) is 6.43. The van der Waals surface area contributed by atoms with E-state index in [9.17, 15) is 14.4 Å². The largest absolute Gasteiger partial charge is 0.457 e. The molecule has 1 aliphatic rings. The van der Waals surface area contributed by atoms with Crippen molar-refractivity contribution in [2.24, 2.45) is 23.5 Å². The maximum Gasteiger partial charge on any atom is 0.245 e. The fourth-order valence-electron chi connectivity index (χ4n) is 4.57. The van der Waals surface area contributed by atoms with E-state index in [1.54, 1.807) is 4.90 Å². The number of hydrogen-bond donors (Lipinski definition) is 2. The molecule has 2 aromatic carbocycles. The number of carbonyl (C=O) groups excluding carboxylic acids is 3. The van der Waals surface area contributed by atoms with E-state index >= 15 is 0 Å². The normalized spacial score (nSPS) is 17.8. The fourth-order valence-corrected chi connectivity index (χ4v) is 5.62. The van der Waals surface area contributed by atoms with Crippen molar-refractivity contribution in [3.63, 3.8) is 0 Å². The lowest BCUT2D eigenvalue weighted by molar-refractivity contribution is -0.139. The lowest BCUT2D eigenvalue weighted by Gasteiger charge is -2.28. The van der Waals surface area contributed by atoms with Crippen LogP contribution in [-0.2, 0) is 20.9 Å². The van der Waals surface area contributed by atoms with Gasteiger partial charge < -0.3 is 20.7 Å². The Balaban J connectivity index is 1.70. The third-order valence-corrected chi connectivity index (χ3v) is 7.38. The van der Waals surface area contributed by atoms with E-state index in [4.69, 9.17) is 10.5 Å². The molecule has 1 heterocycles. The predicted octanol–water partition coefficient (Wildman–Crippen LogP) is 4.68. The highest BCUT2D eigenvalue weighted by Crippen LogP contribution is 2.26. The van der Waals surface area contributed by atoms with Crippen LogP contribution in [0, 0.1) is 17.8 Å². The second kappa shape index (κ2) is 13.6. The molecule has 194 valence electrons. The van der Waals surface area contributed by atoms with Gasteiger partial charge in [0.05, 0.1) is 11.8 Å². The average molecular weight is 606 g/mol. The van der Waals surface area contributed by atoms with Crippen LogP contribution in [0.15, 0.2) is 54.6 Å². The number of likely N-dealkylation sites (tertiary alicyclic amines) is 1. The third kappa shape index (κ3) is 7.94. The monoisotopic (exact) mass is 605 g/mol. The predicted molar refractivity (Wildman–Crippen MR) is 149 cm³/mol. The van der Waals surface area contributed by atoms with Gasteiger partial charge in [0.2, 0.25) is 17.7 Å². The van der Waals surface area contributed by atoms with Crippen molar-refractivity contribution in [1.29, 1.82) is 0 Å². The van der Waals surface area contributed by atoms with E-state index < -0.39 is 23.8 Å². The summed E-state index contributed by atoms with van der Waals surface area (Å²) in [6.45, 7) is 5.09. The quantitative estimate of drug-likeness (QED) is 0.287. The zero-order chi connectivity index (χ0) is 26.1. The standard InChI is InChI=1S/C28H36IN3O4/c1-19(2)15-23(24(17-29)26(30)33)27(34)31-25-13-6-7-14-32(28(25)35)18-20-9-8-12-22(16-20)36-21-10-4-3-5-11-21/h3-5,8-12,16,19,23-25H,6-7,13-15,17-18H2,1-2H3,(H2,30,33)(H,31,34)/t23?,24?,25-/m0/s1. The van der Waals surface area contributed by atoms with Crippen LogP contribution in [0.2, 0.25) is 0 Å². The van der Waals surface area contributed by atoms with Crippen LogP contribution in [0.1, 0.15) is 45.1 Å². The second-order valence-corrected chi connectivity index (χ2v) is 10.7. The maximum atomic E-state index is 13.5. The summed E-state index contributed by atoms with van der Waals surface area (Å²) in [4.78, 5) is 40.6. The number of para-hydroxylation sites is 1. The van der Waals surface area contributed by atoms with Crippen molar-refractivity contribution < 1.29 is 19.1 Å². The van der Waals surface area contributed by atoms with Crippen molar-refractivity contribution in [1.82, 2.24) is 10.2 Å². The maximum absolute atomic E-state index is 13.5. The number of nitrogens with one attached hydrogen (secondary N) is 1. The fraction of sp³-hybridized carbons (Fsp3) is 0.464. The van der Waals surface area contributed by atoms with Gasteiger partial charge in [-0.05, 0) is 61.4 Å². The van der Waals surface area contributed by atoms with Gasteiger partial charge in [0.1, 0.15) is 17.5 Å². The molecule has 3 N–H and O–H groups in total. The lowest BCUT2D eigenvalue weighted by atomic mass is 9.85. The number of benzene rings is 2. The Morgan fingerprint density at radius 3 is 2.47 bits per heavy atom. The molecule has 2 unspecified atom stereocenters. The Hall–Kier alpha value is -2.62. The molecular weight excluding hydrogens is 569 g/mol. The van der Waals surface area contributed by atoms with Gasteiger partial charge in [0.15, 0.2) is 0 Å². The summed E-state index contributed by atoms with van der Waals surface area (Å²) in [5, 5.41) is 2.98. The molecule has 1 fully saturated rings. The SMILES string of the molecule is CC(C)CC(C(=O)N[C@H]1CCCCN(Cc2cccc(Oc3ccccc3)c2)C1=O)C(CI)C(N)=O. The number of nitrogens with zero attached hydrogens (tertiary/aromatic N) is 1. The number of rotatable bonds is 11. The van der Waals surface area contributed by atoms with Crippen LogP contribution in [0.5, 0.6) is 11.5 Å². The summed E-state index contributed by atoms with van der Waals surface area (Å²) in [5.41, 5.74) is 6.57. The number of carbonyl (C=O) groups is 3. The molecule has 36 heavy (non-hydrogen) atoms. The molecule has 0 saturated carbocycles. The molecule has 0 bridgehead atoms. The zero-order valence-corrected chi connectivity index (χ0v) is 23.1. The molecule has 3 atom stereocenters. The minimum atomic E-state index is -0.610. The minimum Gasteiger partial charge on any atom is -0.457 e. The summed E-state index contributed by atoms with van der Waals surface area (Å²) >= 11 is 2.10. The van der Waals surface area contributed by atoms with Crippen molar-refractivity contribution in [2.75, 3.05) is 11.0 Å². The number of hydrogen-bond acceptors (Lipinski definition) is 4. The Morgan fingerprint density at radius 2 is 1.81 bits per heavy atom. The second-order valence-electron chi connectivity index (χ2n) is 9.78. The topological polar surface area (TPSA) is 102 Å². The molecule has 3 amide bonds. The summed E-state index contributed by atoms with van der Waals surface area (Å²) in [6, 6.07) is 16.7. The summed E-state index contributed by atoms with van der Waals surface area (Å²) in [5.74, 6) is -0.258. The van der Waals surface area contributed by atoms with Crippen LogP contribution in [0.3, 0.4) is 0 Å². The number of ether oxygens (including phenoxy) is 1. The Bertz CT molecular complexity index is 1030. The molecule has 2 aromatic rings. The van der Waals surface area contributed by atoms with Gasteiger partial charge in [0, 0.05) is 17.5 Å². The number of halogens is 1. The smallest absolute Gasteiger partial charge is 0.245 e. The van der Waals surface area contributed by atoms with Crippen molar-refractivity contribution in [2.45, 2.75) is 52.1 Å². The molecule has 0 radical (unpaired) electrons. The highest BCUT2D eigenvalue weighted by molar-refractivity contribution is 14.1. The highest BCUT2D eigenvalue weighted by Gasteiger charge is 2.35. The van der Waals surface area contributed by atoms with Gasteiger partial charge in [-0.3, -0.25) is 14.4 Å². The first-order chi connectivity index (χ1) is 17.3. The van der Waals surface area contributed by atoms with Crippen LogP contribution >= 0.6 is 22.6 Å². The average Bonchev–Trinajstić information content (AvgIpc) is 3.00.